The lowest BCUT2D eigenvalue weighted by atomic mass is 10.3. The number of carbonyl (C=O) groups excluding carboxylic acids is 1. The van der Waals surface area contributed by atoms with E-state index in [9.17, 15) is 4.79 Å². The Bertz CT molecular complexity index is 402. The van der Waals surface area contributed by atoms with E-state index in [1.165, 1.54) is 6.33 Å². The Kier molecular flexibility index (Phi) is 3.41. The molecular weight excluding hydrogens is 220 g/mol. The van der Waals surface area contributed by atoms with E-state index in [0.29, 0.717) is 5.88 Å². The molecule has 0 N–H and O–H groups in total. The molecule has 0 aromatic carbocycles. The minimum atomic E-state index is 0.130. The van der Waals surface area contributed by atoms with Gasteiger partial charge in [-0.3, -0.25) is 4.79 Å². The standard InChI is InChI=1S/C11H16N4O2/c1-9(16)14-3-5-15(6-4-14)10-7-11(17-2)13-8-12-10/h7-8H,3-6H2,1-2H3. The average Bonchev–Trinajstić information content (AvgIpc) is 2.39. The molecule has 1 aliphatic rings. The Hall–Kier alpha value is -1.85. The van der Waals surface area contributed by atoms with Crippen molar-refractivity contribution >= 4 is 11.7 Å². The van der Waals surface area contributed by atoms with Crippen LogP contribution in [0.3, 0.4) is 0 Å². The number of ether oxygens (including phenoxy) is 1. The van der Waals surface area contributed by atoms with Gasteiger partial charge >= 0.3 is 0 Å². The summed E-state index contributed by atoms with van der Waals surface area (Å²) in [6.07, 6.45) is 1.49. The minimum absolute atomic E-state index is 0.130. The Morgan fingerprint density at radius 3 is 2.59 bits per heavy atom. The Morgan fingerprint density at radius 1 is 1.29 bits per heavy atom. The number of piperazine rings is 1. The number of nitrogens with zero attached hydrogens (tertiary/aromatic N) is 4. The van der Waals surface area contributed by atoms with E-state index >= 15 is 0 Å². The maximum absolute atomic E-state index is 11.2. The highest BCUT2D eigenvalue weighted by Crippen LogP contribution is 2.16. The second-order valence-electron chi connectivity index (χ2n) is 3.91. The Balaban J connectivity index is 2.02. The van der Waals surface area contributed by atoms with Crippen LogP contribution >= 0.6 is 0 Å². The predicted octanol–water partition coefficient (Wildman–Crippen LogP) is 0.154. The van der Waals surface area contributed by atoms with E-state index in [2.05, 4.69) is 14.9 Å². The normalized spacial score (nSPS) is 15.9. The van der Waals surface area contributed by atoms with E-state index in [-0.39, 0.29) is 5.91 Å². The van der Waals surface area contributed by atoms with Crippen molar-refractivity contribution in [2.45, 2.75) is 6.92 Å². The molecule has 1 aromatic heterocycles. The molecule has 6 heteroatoms. The van der Waals surface area contributed by atoms with Gasteiger partial charge in [0.15, 0.2) is 0 Å². The van der Waals surface area contributed by atoms with Crippen LogP contribution in [0.15, 0.2) is 12.4 Å². The summed E-state index contributed by atoms with van der Waals surface area (Å²) in [5.41, 5.74) is 0. The molecule has 2 heterocycles. The highest BCUT2D eigenvalue weighted by molar-refractivity contribution is 5.73. The summed E-state index contributed by atoms with van der Waals surface area (Å²) < 4.78 is 5.06. The van der Waals surface area contributed by atoms with Crippen molar-refractivity contribution < 1.29 is 9.53 Å². The number of methoxy groups -OCH3 is 1. The summed E-state index contributed by atoms with van der Waals surface area (Å²) in [6.45, 7) is 4.66. The van der Waals surface area contributed by atoms with Crippen LogP contribution in [0.4, 0.5) is 5.82 Å². The fourth-order valence-corrected chi connectivity index (χ4v) is 1.86. The number of anilines is 1. The third kappa shape index (κ3) is 2.64. The average molecular weight is 236 g/mol. The first-order valence-corrected chi connectivity index (χ1v) is 5.57. The quantitative estimate of drug-likeness (QED) is 0.731. The first kappa shape index (κ1) is 11.6. The fourth-order valence-electron chi connectivity index (χ4n) is 1.86. The van der Waals surface area contributed by atoms with Gasteiger partial charge in [0.05, 0.1) is 7.11 Å². The van der Waals surface area contributed by atoms with E-state index in [1.54, 1.807) is 14.0 Å². The molecule has 0 spiro atoms. The Morgan fingerprint density at radius 2 is 2.00 bits per heavy atom. The van der Waals surface area contributed by atoms with Crippen molar-refractivity contribution in [2.75, 3.05) is 38.2 Å². The van der Waals surface area contributed by atoms with Crippen LogP contribution in [-0.4, -0.2) is 54.1 Å². The van der Waals surface area contributed by atoms with Gasteiger partial charge in [-0.05, 0) is 0 Å². The number of aromatic nitrogens is 2. The van der Waals surface area contributed by atoms with Crippen molar-refractivity contribution in [1.82, 2.24) is 14.9 Å². The zero-order chi connectivity index (χ0) is 12.3. The topological polar surface area (TPSA) is 58.6 Å². The maximum Gasteiger partial charge on any atom is 0.219 e. The van der Waals surface area contributed by atoms with Gasteiger partial charge in [0, 0.05) is 39.2 Å². The Labute approximate surface area is 100 Å². The largest absolute Gasteiger partial charge is 0.481 e. The molecule has 0 aliphatic carbocycles. The number of carbonyl (C=O) groups is 1. The molecule has 6 nitrogen and oxygen atoms in total. The lowest BCUT2D eigenvalue weighted by molar-refractivity contribution is -0.129. The summed E-state index contributed by atoms with van der Waals surface area (Å²) in [4.78, 5) is 23.4. The van der Waals surface area contributed by atoms with Gasteiger partial charge in [0.25, 0.3) is 0 Å². The van der Waals surface area contributed by atoms with Crippen LogP contribution in [0.5, 0.6) is 5.88 Å². The van der Waals surface area contributed by atoms with Crippen LogP contribution < -0.4 is 9.64 Å². The zero-order valence-corrected chi connectivity index (χ0v) is 10.1. The van der Waals surface area contributed by atoms with E-state index in [1.807, 2.05) is 11.0 Å². The fraction of sp³-hybridized carbons (Fsp3) is 0.545. The molecule has 0 unspecified atom stereocenters. The molecule has 0 bridgehead atoms. The van der Waals surface area contributed by atoms with Crippen LogP contribution in [-0.2, 0) is 4.79 Å². The molecule has 0 saturated carbocycles. The summed E-state index contributed by atoms with van der Waals surface area (Å²) in [6, 6.07) is 1.81. The number of rotatable bonds is 2. The molecule has 0 radical (unpaired) electrons. The summed E-state index contributed by atoms with van der Waals surface area (Å²) in [7, 11) is 1.58. The van der Waals surface area contributed by atoms with Gasteiger partial charge in [-0.15, -0.1) is 0 Å². The molecule has 1 saturated heterocycles. The van der Waals surface area contributed by atoms with Crippen LogP contribution in [0, 0.1) is 0 Å². The SMILES string of the molecule is COc1cc(N2CCN(C(C)=O)CC2)ncn1. The molecule has 0 atom stereocenters. The number of hydrogen-bond donors (Lipinski definition) is 0. The van der Waals surface area contributed by atoms with Gasteiger partial charge < -0.3 is 14.5 Å². The zero-order valence-electron chi connectivity index (χ0n) is 10.1. The van der Waals surface area contributed by atoms with Gasteiger partial charge in [0.2, 0.25) is 11.8 Å². The van der Waals surface area contributed by atoms with E-state index in [0.717, 1.165) is 32.0 Å². The monoisotopic (exact) mass is 236 g/mol. The first-order valence-electron chi connectivity index (χ1n) is 5.57. The van der Waals surface area contributed by atoms with Crippen molar-refractivity contribution in [3.8, 4) is 5.88 Å². The number of hydrogen-bond acceptors (Lipinski definition) is 5. The molecular formula is C11H16N4O2. The van der Waals surface area contributed by atoms with Crippen LogP contribution in [0.1, 0.15) is 6.92 Å². The maximum atomic E-state index is 11.2. The molecule has 2 rings (SSSR count). The van der Waals surface area contributed by atoms with Crippen molar-refractivity contribution in [3.63, 3.8) is 0 Å². The summed E-state index contributed by atoms with van der Waals surface area (Å²) >= 11 is 0. The van der Waals surface area contributed by atoms with Gasteiger partial charge in [0.1, 0.15) is 12.1 Å². The van der Waals surface area contributed by atoms with Gasteiger partial charge in [-0.1, -0.05) is 0 Å². The van der Waals surface area contributed by atoms with E-state index < -0.39 is 0 Å². The summed E-state index contributed by atoms with van der Waals surface area (Å²) in [5, 5.41) is 0. The van der Waals surface area contributed by atoms with Gasteiger partial charge in [-0.2, -0.15) is 0 Å². The molecule has 92 valence electrons. The van der Waals surface area contributed by atoms with E-state index in [4.69, 9.17) is 4.74 Å². The highest BCUT2D eigenvalue weighted by atomic mass is 16.5. The van der Waals surface area contributed by atoms with Crippen molar-refractivity contribution in [2.24, 2.45) is 0 Å². The molecule has 17 heavy (non-hydrogen) atoms. The lowest BCUT2D eigenvalue weighted by Gasteiger charge is -2.34. The van der Waals surface area contributed by atoms with Gasteiger partial charge in [-0.25, -0.2) is 9.97 Å². The smallest absolute Gasteiger partial charge is 0.219 e. The van der Waals surface area contributed by atoms with Crippen LogP contribution in [0.25, 0.3) is 0 Å². The third-order valence-electron chi connectivity index (χ3n) is 2.89. The second kappa shape index (κ2) is 4.99. The number of amides is 1. The highest BCUT2D eigenvalue weighted by Gasteiger charge is 2.19. The first-order chi connectivity index (χ1) is 8.20. The third-order valence-corrected chi connectivity index (χ3v) is 2.89. The lowest BCUT2D eigenvalue weighted by Crippen LogP contribution is -2.48. The van der Waals surface area contributed by atoms with Crippen molar-refractivity contribution in [1.29, 1.82) is 0 Å². The molecule has 1 aromatic rings. The predicted molar refractivity (Wildman–Crippen MR) is 63.1 cm³/mol. The second-order valence-corrected chi connectivity index (χ2v) is 3.91. The molecule has 1 amide bonds. The summed E-state index contributed by atoms with van der Waals surface area (Å²) in [5.74, 6) is 1.54. The van der Waals surface area contributed by atoms with Crippen LogP contribution in [0.2, 0.25) is 0 Å². The molecule has 1 aliphatic heterocycles. The minimum Gasteiger partial charge on any atom is -0.481 e. The van der Waals surface area contributed by atoms with Crippen molar-refractivity contribution in [3.05, 3.63) is 12.4 Å². The molecule has 1 fully saturated rings.